The Bertz CT molecular complexity index is 629. The third-order valence-electron chi connectivity index (χ3n) is 2.43. The molecule has 0 aliphatic heterocycles. The Morgan fingerprint density at radius 2 is 2.06 bits per heavy atom. The molecule has 0 aromatic carbocycles. The summed E-state index contributed by atoms with van der Waals surface area (Å²) in [5.41, 5.74) is 2.04. The van der Waals surface area contributed by atoms with Gasteiger partial charge in [0.1, 0.15) is 5.82 Å². The zero-order valence-electron chi connectivity index (χ0n) is 8.70. The number of aryl methyl sites for hydroxylation is 1. The van der Waals surface area contributed by atoms with Crippen molar-refractivity contribution in [2.24, 2.45) is 0 Å². The number of pyridine rings is 1. The lowest BCUT2D eigenvalue weighted by atomic mass is 10.2. The van der Waals surface area contributed by atoms with Gasteiger partial charge in [-0.2, -0.15) is 0 Å². The molecule has 0 aliphatic rings. The van der Waals surface area contributed by atoms with Gasteiger partial charge >= 0.3 is 0 Å². The number of hydrogen-bond donors (Lipinski definition) is 0. The molecule has 0 radical (unpaired) electrons. The Morgan fingerprint density at radius 1 is 1.12 bits per heavy atom. The smallest absolute Gasteiger partial charge is 0.254 e. The highest BCUT2D eigenvalue weighted by atomic mass is 15.3. The van der Waals surface area contributed by atoms with Crippen LogP contribution in [-0.2, 0) is 0 Å². The summed E-state index contributed by atoms with van der Waals surface area (Å²) in [7, 11) is 0. The Hall–Kier alpha value is -2.30. The lowest BCUT2D eigenvalue weighted by Gasteiger charge is -2.01. The minimum atomic E-state index is 0.616. The van der Waals surface area contributed by atoms with Crippen LogP contribution in [0.3, 0.4) is 0 Å². The van der Waals surface area contributed by atoms with Gasteiger partial charge in [0.15, 0.2) is 0 Å². The largest absolute Gasteiger partial charge is 0.270 e. The number of fused-ring (bicyclic) bond motifs is 1. The normalized spacial score (nSPS) is 10.8. The van der Waals surface area contributed by atoms with E-state index in [1.54, 1.807) is 12.4 Å². The molecule has 0 N–H and O–H groups in total. The first kappa shape index (κ1) is 8.96. The molecule has 0 atom stereocenters. The average molecular weight is 211 g/mol. The van der Waals surface area contributed by atoms with Crippen molar-refractivity contribution in [2.45, 2.75) is 6.92 Å². The first-order valence-electron chi connectivity index (χ1n) is 4.92. The minimum Gasteiger partial charge on any atom is -0.270 e. The molecule has 78 valence electrons. The van der Waals surface area contributed by atoms with Gasteiger partial charge in [0, 0.05) is 35.9 Å². The first-order valence-corrected chi connectivity index (χ1v) is 4.92. The van der Waals surface area contributed by atoms with Gasteiger partial charge in [0.2, 0.25) is 0 Å². The molecule has 3 aromatic rings. The Balaban J connectivity index is 2.22. The summed E-state index contributed by atoms with van der Waals surface area (Å²) in [5, 5.41) is 7.90. The van der Waals surface area contributed by atoms with Crippen LogP contribution in [0.2, 0.25) is 0 Å². The molecule has 5 heteroatoms. The van der Waals surface area contributed by atoms with Crippen molar-refractivity contribution in [3.8, 4) is 11.1 Å². The number of nitrogens with zero attached hydrogens (tertiary/aromatic N) is 5. The third kappa shape index (κ3) is 1.33. The van der Waals surface area contributed by atoms with Gasteiger partial charge in [0.05, 0.1) is 0 Å². The lowest BCUT2D eigenvalue weighted by molar-refractivity contribution is 1.00. The van der Waals surface area contributed by atoms with Gasteiger partial charge in [0.25, 0.3) is 5.78 Å². The summed E-state index contributed by atoms with van der Waals surface area (Å²) in [6, 6.07) is 3.90. The fraction of sp³-hybridized carbons (Fsp3) is 0.0909. The number of rotatable bonds is 1. The second kappa shape index (κ2) is 3.37. The van der Waals surface area contributed by atoms with Crippen LogP contribution in [-0.4, -0.2) is 24.6 Å². The monoisotopic (exact) mass is 211 g/mol. The Labute approximate surface area is 91.8 Å². The van der Waals surface area contributed by atoms with Gasteiger partial charge in [-0.15, -0.1) is 10.2 Å². The summed E-state index contributed by atoms with van der Waals surface area (Å²) in [6.07, 6.45) is 7.30. The quantitative estimate of drug-likeness (QED) is 0.612. The van der Waals surface area contributed by atoms with Crippen LogP contribution in [0.5, 0.6) is 0 Å². The molecule has 0 spiro atoms. The maximum atomic E-state index is 4.24. The molecule has 0 aliphatic carbocycles. The number of aromatic nitrogens is 5. The van der Waals surface area contributed by atoms with Crippen molar-refractivity contribution >= 4 is 5.78 Å². The summed E-state index contributed by atoms with van der Waals surface area (Å²) in [5.74, 6) is 1.44. The van der Waals surface area contributed by atoms with Crippen LogP contribution >= 0.6 is 0 Å². The Morgan fingerprint density at radius 3 is 2.88 bits per heavy atom. The maximum Gasteiger partial charge on any atom is 0.254 e. The SMILES string of the molecule is Cc1nnc2ncc(-c3cccnc3)cn12. The number of hydrogen-bond acceptors (Lipinski definition) is 4. The van der Waals surface area contributed by atoms with E-state index in [0.29, 0.717) is 5.78 Å². The summed E-state index contributed by atoms with van der Waals surface area (Å²) in [4.78, 5) is 8.32. The minimum absolute atomic E-state index is 0.616. The molecule has 3 rings (SSSR count). The predicted molar refractivity (Wildman–Crippen MR) is 58.8 cm³/mol. The standard InChI is InChI=1S/C11H9N5/c1-8-14-15-11-13-6-10(7-16(8)11)9-3-2-4-12-5-9/h2-7H,1H3. The summed E-state index contributed by atoms with van der Waals surface area (Å²) in [6.45, 7) is 1.90. The summed E-state index contributed by atoms with van der Waals surface area (Å²) < 4.78 is 1.86. The van der Waals surface area contributed by atoms with Crippen molar-refractivity contribution in [1.29, 1.82) is 0 Å². The van der Waals surface area contributed by atoms with Crippen LogP contribution in [0, 0.1) is 6.92 Å². The highest BCUT2D eigenvalue weighted by molar-refractivity contribution is 5.61. The molecule has 16 heavy (non-hydrogen) atoms. The van der Waals surface area contributed by atoms with Crippen LogP contribution < -0.4 is 0 Å². The molecule has 0 saturated heterocycles. The average Bonchev–Trinajstić information content (AvgIpc) is 2.72. The molecule has 5 nitrogen and oxygen atoms in total. The molecule has 0 fully saturated rings. The zero-order valence-corrected chi connectivity index (χ0v) is 8.70. The van der Waals surface area contributed by atoms with Crippen molar-refractivity contribution in [1.82, 2.24) is 24.6 Å². The van der Waals surface area contributed by atoms with Gasteiger partial charge < -0.3 is 0 Å². The zero-order chi connectivity index (χ0) is 11.0. The van der Waals surface area contributed by atoms with E-state index in [1.165, 1.54) is 0 Å². The molecule has 0 bridgehead atoms. The van der Waals surface area contributed by atoms with E-state index >= 15 is 0 Å². The highest BCUT2D eigenvalue weighted by Gasteiger charge is 2.04. The van der Waals surface area contributed by atoms with Crippen molar-refractivity contribution in [3.63, 3.8) is 0 Å². The van der Waals surface area contributed by atoms with Crippen LogP contribution in [0.4, 0.5) is 0 Å². The molecule has 3 heterocycles. The molecule has 0 saturated carbocycles. The lowest BCUT2D eigenvalue weighted by Crippen LogP contribution is -1.92. The van der Waals surface area contributed by atoms with E-state index in [1.807, 2.05) is 35.9 Å². The van der Waals surface area contributed by atoms with E-state index < -0.39 is 0 Å². The fourth-order valence-corrected chi connectivity index (χ4v) is 1.58. The van der Waals surface area contributed by atoms with Crippen molar-refractivity contribution in [3.05, 3.63) is 42.7 Å². The topological polar surface area (TPSA) is 56.0 Å². The van der Waals surface area contributed by atoms with Gasteiger partial charge in [-0.3, -0.25) is 9.38 Å². The van der Waals surface area contributed by atoms with Crippen molar-refractivity contribution in [2.75, 3.05) is 0 Å². The van der Waals surface area contributed by atoms with Gasteiger partial charge in [-0.1, -0.05) is 6.07 Å². The third-order valence-corrected chi connectivity index (χ3v) is 2.43. The second-order valence-corrected chi connectivity index (χ2v) is 3.50. The maximum absolute atomic E-state index is 4.24. The summed E-state index contributed by atoms with van der Waals surface area (Å²) >= 11 is 0. The van der Waals surface area contributed by atoms with Crippen LogP contribution in [0.1, 0.15) is 5.82 Å². The second-order valence-electron chi connectivity index (χ2n) is 3.50. The van der Waals surface area contributed by atoms with Gasteiger partial charge in [-0.25, -0.2) is 4.98 Å². The molecule has 0 unspecified atom stereocenters. The van der Waals surface area contributed by atoms with E-state index in [2.05, 4.69) is 20.2 Å². The molecular weight excluding hydrogens is 202 g/mol. The molecular formula is C11H9N5. The van der Waals surface area contributed by atoms with Crippen LogP contribution in [0.15, 0.2) is 36.9 Å². The molecule has 0 amide bonds. The molecule has 3 aromatic heterocycles. The highest BCUT2D eigenvalue weighted by Crippen LogP contribution is 2.16. The Kier molecular flexibility index (Phi) is 1.89. The first-order chi connectivity index (χ1) is 7.84. The van der Waals surface area contributed by atoms with Gasteiger partial charge in [-0.05, 0) is 13.0 Å². The fourth-order valence-electron chi connectivity index (χ4n) is 1.58. The van der Waals surface area contributed by atoms with Crippen LogP contribution in [0.25, 0.3) is 16.9 Å². The predicted octanol–water partition coefficient (Wildman–Crippen LogP) is 1.49. The van der Waals surface area contributed by atoms with E-state index in [-0.39, 0.29) is 0 Å². The van der Waals surface area contributed by atoms with E-state index in [0.717, 1.165) is 17.0 Å². The van der Waals surface area contributed by atoms with E-state index in [9.17, 15) is 0 Å². The van der Waals surface area contributed by atoms with E-state index in [4.69, 9.17) is 0 Å². The van der Waals surface area contributed by atoms with Crippen molar-refractivity contribution < 1.29 is 0 Å².